The lowest BCUT2D eigenvalue weighted by atomic mass is 10.1. The zero-order chi connectivity index (χ0) is 22.9. The van der Waals surface area contributed by atoms with Crippen molar-refractivity contribution < 1.29 is 15.3 Å². The van der Waals surface area contributed by atoms with Crippen LogP contribution in [0.25, 0.3) is 11.4 Å². The van der Waals surface area contributed by atoms with Crippen LogP contribution in [-0.2, 0) is 6.54 Å². The summed E-state index contributed by atoms with van der Waals surface area (Å²) in [4.78, 5) is 6.79. The van der Waals surface area contributed by atoms with E-state index in [0.717, 1.165) is 17.0 Å². The summed E-state index contributed by atoms with van der Waals surface area (Å²) in [5, 5.41) is 41.4. The number of fused-ring (bicyclic) bond motifs is 1. The van der Waals surface area contributed by atoms with Crippen LogP contribution in [0.3, 0.4) is 0 Å². The lowest BCUT2D eigenvalue weighted by molar-refractivity contribution is 0.208. The van der Waals surface area contributed by atoms with Gasteiger partial charge in [-0.3, -0.25) is 0 Å². The van der Waals surface area contributed by atoms with E-state index in [2.05, 4.69) is 47.8 Å². The van der Waals surface area contributed by atoms with Gasteiger partial charge in [-0.2, -0.15) is 10.1 Å². The second-order valence-corrected chi connectivity index (χ2v) is 8.57. The smallest absolute Gasteiger partial charge is 0.205 e. The zero-order valence-corrected chi connectivity index (χ0v) is 19.0. The summed E-state index contributed by atoms with van der Waals surface area (Å²) in [6.45, 7) is 10.9. The van der Waals surface area contributed by atoms with Gasteiger partial charge < -0.3 is 30.1 Å². The van der Waals surface area contributed by atoms with Crippen molar-refractivity contribution >= 4 is 11.8 Å². The molecule has 0 radical (unpaired) electrons. The molecule has 2 heterocycles. The van der Waals surface area contributed by atoms with E-state index in [0.29, 0.717) is 30.5 Å². The molecule has 0 saturated heterocycles. The maximum atomic E-state index is 9.84. The summed E-state index contributed by atoms with van der Waals surface area (Å²) in [7, 11) is 1.90. The number of benzene rings is 1. The predicted molar refractivity (Wildman–Crippen MR) is 121 cm³/mol. The molecule has 2 aliphatic rings. The number of aromatic nitrogens is 4. The molecule has 4 N–H and O–H groups in total. The summed E-state index contributed by atoms with van der Waals surface area (Å²) < 4.78 is 2.08. The molecule has 9 nitrogen and oxygen atoms in total. The van der Waals surface area contributed by atoms with Gasteiger partial charge in [0.2, 0.25) is 5.95 Å². The maximum Gasteiger partial charge on any atom is 0.205 e. The number of rotatable bonds is 8. The molecule has 1 aromatic carbocycles. The highest BCUT2D eigenvalue weighted by Crippen LogP contribution is 2.39. The second kappa shape index (κ2) is 8.97. The van der Waals surface area contributed by atoms with Gasteiger partial charge in [-0.15, -0.1) is 5.10 Å². The first kappa shape index (κ1) is 22.6. The molecule has 1 aromatic rings. The second-order valence-electron chi connectivity index (χ2n) is 8.57. The lowest BCUT2D eigenvalue weighted by Crippen LogP contribution is -2.26. The third kappa shape index (κ3) is 4.66. The van der Waals surface area contributed by atoms with Gasteiger partial charge in [0, 0.05) is 26.2 Å². The summed E-state index contributed by atoms with van der Waals surface area (Å²) in [6.07, 6.45) is -0.528. The van der Waals surface area contributed by atoms with Gasteiger partial charge in [-0.1, -0.05) is 19.9 Å². The number of hydrogen-bond donors (Lipinski definition) is 4. The van der Waals surface area contributed by atoms with Crippen molar-refractivity contribution in [3.63, 3.8) is 0 Å². The number of phenolic OH excluding ortho intramolecular Hbond substituents is 2. The van der Waals surface area contributed by atoms with Crippen molar-refractivity contribution in [2.75, 3.05) is 23.8 Å². The fourth-order valence-electron chi connectivity index (χ4n) is 3.56. The average molecular weight is 429 g/mol. The first-order chi connectivity index (χ1) is 14.6. The standard InChI is InChI=1S/C22H32N6O3/c1-12(2)18-20-19(26-25-18)21(24-22(23-10-14(5)29)28(20)13(3)4)27(6)11-15-7-8-16(30)17(31)9-15/h7-9,12-14,29-31H,10-11H2,1-6H3,(H,23,24). The third-order valence-corrected chi connectivity index (χ3v) is 5.06. The number of anilines is 2. The monoisotopic (exact) mass is 428 g/mol. The van der Waals surface area contributed by atoms with Crippen LogP contribution < -0.4 is 10.2 Å². The number of nitrogens with zero attached hydrogens (tertiary/aromatic N) is 5. The van der Waals surface area contributed by atoms with Crippen LogP contribution in [0.1, 0.15) is 57.8 Å². The molecule has 168 valence electrons. The fraction of sp³-hybridized carbons (Fsp3) is 0.500. The molecule has 3 rings (SSSR count). The van der Waals surface area contributed by atoms with Crippen molar-refractivity contribution in [2.24, 2.45) is 0 Å². The van der Waals surface area contributed by atoms with E-state index in [4.69, 9.17) is 4.98 Å². The normalized spacial score (nSPS) is 12.7. The molecule has 1 atom stereocenters. The number of aromatic hydroxyl groups is 2. The van der Waals surface area contributed by atoms with Crippen LogP contribution >= 0.6 is 0 Å². The van der Waals surface area contributed by atoms with Gasteiger partial charge >= 0.3 is 0 Å². The average Bonchev–Trinajstić information content (AvgIpc) is 3.12. The lowest BCUT2D eigenvalue weighted by Gasteiger charge is -2.27. The van der Waals surface area contributed by atoms with Crippen molar-refractivity contribution in [2.45, 2.75) is 59.2 Å². The molecule has 0 saturated carbocycles. The first-order valence-electron chi connectivity index (χ1n) is 10.5. The van der Waals surface area contributed by atoms with Gasteiger partial charge in [0.15, 0.2) is 23.0 Å². The number of aliphatic hydroxyl groups excluding tert-OH is 1. The van der Waals surface area contributed by atoms with E-state index in [1.54, 1.807) is 13.0 Å². The van der Waals surface area contributed by atoms with E-state index >= 15 is 0 Å². The third-order valence-electron chi connectivity index (χ3n) is 5.06. The number of aliphatic hydroxyl groups is 1. The maximum absolute atomic E-state index is 9.84. The van der Waals surface area contributed by atoms with Crippen molar-refractivity contribution in [1.82, 2.24) is 19.7 Å². The van der Waals surface area contributed by atoms with E-state index in [9.17, 15) is 15.3 Å². The minimum absolute atomic E-state index is 0.100. The highest BCUT2D eigenvalue weighted by molar-refractivity contribution is 5.75. The molecule has 2 aliphatic heterocycles. The van der Waals surface area contributed by atoms with Crippen LogP contribution in [-0.4, -0.2) is 54.8 Å². The Morgan fingerprint density at radius 2 is 1.77 bits per heavy atom. The SMILES string of the molecule is CC(O)CNc1nc(N(C)Cc2ccc(O)c(O)c2)c2nnc(C(C)C)c-2n1C(C)C. The Kier molecular flexibility index (Phi) is 6.54. The predicted octanol–water partition coefficient (Wildman–Crippen LogP) is 3.32. The quantitative estimate of drug-likeness (QED) is 0.403. The van der Waals surface area contributed by atoms with Crippen molar-refractivity contribution in [3.8, 4) is 22.9 Å². The van der Waals surface area contributed by atoms with E-state index < -0.39 is 6.10 Å². The number of hydrogen-bond acceptors (Lipinski definition) is 8. The van der Waals surface area contributed by atoms with Gasteiger partial charge in [0.25, 0.3) is 0 Å². The molecule has 0 spiro atoms. The topological polar surface area (TPSA) is 120 Å². The van der Waals surface area contributed by atoms with Gasteiger partial charge in [-0.05, 0) is 44.4 Å². The van der Waals surface area contributed by atoms with E-state index in [1.165, 1.54) is 12.1 Å². The molecule has 0 aliphatic carbocycles. The molecule has 31 heavy (non-hydrogen) atoms. The highest BCUT2D eigenvalue weighted by Gasteiger charge is 2.29. The minimum atomic E-state index is -0.528. The highest BCUT2D eigenvalue weighted by atomic mass is 16.3. The number of nitrogens with one attached hydrogen (secondary N) is 1. The summed E-state index contributed by atoms with van der Waals surface area (Å²) in [5.41, 5.74) is 3.33. The Morgan fingerprint density at radius 1 is 1.06 bits per heavy atom. The van der Waals surface area contributed by atoms with Crippen LogP contribution in [0.5, 0.6) is 11.5 Å². The summed E-state index contributed by atoms with van der Waals surface area (Å²) in [6, 6.07) is 4.85. The van der Waals surface area contributed by atoms with Crippen LogP contribution in [0.15, 0.2) is 18.2 Å². The molecule has 0 fully saturated rings. The largest absolute Gasteiger partial charge is 0.504 e. The van der Waals surface area contributed by atoms with Crippen molar-refractivity contribution in [1.29, 1.82) is 0 Å². The first-order valence-corrected chi connectivity index (χ1v) is 10.5. The summed E-state index contributed by atoms with van der Waals surface area (Å²) >= 11 is 0. The van der Waals surface area contributed by atoms with Gasteiger partial charge in [0.1, 0.15) is 0 Å². The Bertz CT molecular complexity index is 1010. The molecular weight excluding hydrogens is 396 g/mol. The van der Waals surface area contributed by atoms with Gasteiger partial charge in [0.05, 0.1) is 17.5 Å². The molecule has 9 heteroatoms. The van der Waals surface area contributed by atoms with E-state index in [1.807, 2.05) is 11.9 Å². The minimum Gasteiger partial charge on any atom is -0.504 e. The Balaban J connectivity index is 2.12. The Hall–Kier alpha value is -3.07. The number of phenols is 2. The molecule has 0 bridgehead atoms. The van der Waals surface area contributed by atoms with Gasteiger partial charge in [-0.25, -0.2) is 0 Å². The van der Waals surface area contributed by atoms with Crippen molar-refractivity contribution in [3.05, 3.63) is 29.5 Å². The Labute approximate surface area is 182 Å². The zero-order valence-electron chi connectivity index (χ0n) is 19.0. The van der Waals surface area contributed by atoms with Crippen LogP contribution in [0.2, 0.25) is 0 Å². The summed E-state index contributed by atoms with van der Waals surface area (Å²) in [5.74, 6) is 1.14. The molecular formula is C22H32N6O3. The van der Waals surface area contributed by atoms with E-state index in [-0.39, 0.29) is 23.5 Å². The van der Waals surface area contributed by atoms with Crippen LogP contribution in [0.4, 0.5) is 11.8 Å². The molecule has 0 amide bonds. The molecule has 1 unspecified atom stereocenters. The molecule has 0 aromatic heterocycles. The Morgan fingerprint density at radius 3 is 2.35 bits per heavy atom. The van der Waals surface area contributed by atoms with Crippen LogP contribution in [0, 0.1) is 0 Å². The fourth-order valence-corrected chi connectivity index (χ4v) is 3.56.